The predicted octanol–water partition coefficient (Wildman–Crippen LogP) is 2.41. The minimum atomic E-state index is -0.332. The van der Waals surface area contributed by atoms with Crippen molar-refractivity contribution < 1.29 is 14.3 Å². The second kappa shape index (κ2) is 7.25. The van der Waals surface area contributed by atoms with Gasteiger partial charge in [0, 0.05) is 25.2 Å². The lowest BCUT2D eigenvalue weighted by Gasteiger charge is -2.23. The minimum absolute atomic E-state index is 0. The Labute approximate surface area is 157 Å². The van der Waals surface area contributed by atoms with Crippen molar-refractivity contribution in [3.05, 3.63) is 41.5 Å². The van der Waals surface area contributed by atoms with Crippen LogP contribution in [0.15, 0.2) is 24.4 Å². The Kier molecular flexibility index (Phi) is 5.20. The second-order valence-electron chi connectivity index (χ2n) is 6.92. The maximum absolute atomic E-state index is 13.3. The van der Waals surface area contributed by atoms with E-state index in [0.29, 0.717) is 36.4 Å². The molecule has 26 heavy (non-hydrogen) atoms. The van der Waals surface area contributed by atoms with Gasteiger partial charge in [-0.15, -0.1) is 12.4 Å². The van der Waals surface area contributed by atoms with E-state index in [9.17, 15) is 14.3 Å². The lowest BCUT2D eigenvalue weighted by atomic mass is 10.1. The van der Waals surface area contributed by atoms with E-state index in [1.54, 1.807) is 17.9 Å². The van der Waals surface area contributed by atoms with E-state index in [1.165, 1.54) is 23.0 Å². The number of benzene rings is 1. The number of hydrogen-bond acceptors (Lipinski definition) is 4. The molecule has 2 aliphatic rings. The number of nitrogens with zero attached hydrogens (tertiary/aromatic N) is 3. The van der Waals surface area contributed by atoms with Gasteiger partial charge in [-0.1, -0.05) is 0 Å². The summed E-state index contributed by atoms with van der Waals surface area (Å²) in [6, 6.07) is 5.11. The number of aryl methyl sites for hydroxylation is 1. The minimum Gasteiger partial charge on any atom is -0.504 e. The first-order valence-electron chi connectivity index (χ1n) is 8.62. The zero-order chi connectivity index (χ0) is 17.6. The second-order valence-corrected chi connectivity index (χ2v) is 6.92. The van der Waals surface area contributed by atoms with E-state index in [0.717, 1.165) is 19.3 Å². The first-order valence-corrected chi connectivity index (χ1v) is 8.62. The predicted molar refractivity (Wildman–Crippen MR) is 97.6 cm³/mol. The number of carbonyl (C=O) groups is 1. The Bertz CT molecular complexity index is 826. The van der Waals surface area contributed by atoms with Crippen LogP contribution in [0.4, 0.5) is 4.39 Å². The van der Waals surface area contributed by atoms with Crippen LogP contribution in [0.1, 0.15) is 35.3 Å². The van der Waals surface area contributed by atoms with Gasteiger partial charge in [-0.05, 0) is 49.9 Å². The molecule has 2 unspecified atom stereocenters. The van der Waals surface area contributed by atoms with Crippen molar-refractivity contribution in [2.75, 3.05) is 13.1 Å². The number of carbonyl (C=O) groups excluding carboxylic acids is 1. The number of likely N-dealkylation sites (tertiary alicyclic amines) is 1. The number of aromatic nitrogens is 2. The number of fused-ring (bicyclic) bond motifs is 2. The van der Waals surface area contributed by atoms with Crippen LogP contribution in [-0.2, 0) is 0 Å². The molecule has 1 aromatic carbocycles. The van der Waals surface area contributed by atoms with Crippen molar-refractivity contribution in [1.82, 2.24) is 20.0 Å². The number of halogens is 2. The Morgan fingerprint density at radius 1 is 1.31 bits per heavy atom. The molecule has 3 heterocycles. The molecule has 6 nitrogen and oxygen atoms in total. The van der Waals surface area contributed by atoms with Gasteiger partial charge in [0.05, 0.1) is 11.9 Å². The fraction of sp³-hybridized carbons (Fsp3) is 0.444. The molecule has 0 saturated carbocycles. The molecule has 2 aromatic rings. The highest BCUT2D eigenvalue weighted by Crippen LogP contribution is 2.25. The van der Waals surface area contributed by atoms with Gasteiger partial charge < -0.3 is 15.3 Å². The summed E-state index contributed by atoms with van der Waals surface area (Å²) < 4.78 is 14.7. The van der Waals surface area contributed by atoms with E-state index in [-0.39, 0.29) is 35.6 Å². The Balaban J connectivity index is 0.00000196. The van der Waals surface area contributed by atoms with Crippen molar-refractivity contribution in [2.24, 2.45) is 0 Å². The molecule has 2 atom stereocenters. The first-order chi connectivity index (χ1) is 12.0. The molecule has 0 radical (unpaired) electrons. The standard InChI is InChI=1S/C18H21FN4O2.ClH/c1-11-8-12(19)2-5-15(11)23-10-16(24)17(21-23)18(25)22-7-6-13-3-4-14(9-22)20-13;/h2,5,8,10,13-14,20,24H,3-4,6-7,9H2,1H3;1H. The number of amides is 1. The molecular weight excluding hydrogens is 359 g/mol. The van der Waals surface area contributed by atoms with Crippen LogP contribution < -0.4 is 5.32 Å². The van der Waals surface area contributed by atoms with Crippen LogP contribution in [-0.4, -0.2) is 50.9 Å². The Hall–Kier alpha value is -2.12. The molecule has 140 valence electrons. The zero-order valence-corrected chi connectivity index (χ0v) is 15.3. The molecule has 2 fully saturated rings. The van der Waals surface area contributed by atoms with Crippen molar-refractivity contribution in [2.45, 2.75) is 38.3 Å². The normalized spacial score (nSPS) is 22.0. The zero-order valence-electron chi connectivity index (χ0n) is 14.5. The van der Waals surface area contributed by atoms with E-state index < -0.39 is 0 Å². The van der Waals surface area contributed by atoms with Gasteiger partial charge in [0.2, 0.25) is 0 Å². The van der Waals surface area contributed by atoms with Crippen LogP contribution in [0, 0.1) is 12.7 Å². The van der Waals surface area contributed by atoms with Crippen molar-refractivity contribution >= 4 is 18.3 Å². The van der Waals surface area contributed by atoms with Crippen LogP contribution in [0.25, 0.3) is 5.69 Å². The van der Waals surface area contributed by atoms with Gasteiger partial charge in [-0.25, -0.2) is 9.07 Å². The van der Waals surface area contributed by atoms with Crippen LogP contribution >= 0.6 is 12.4 Å². The molecule has 2 aliphatic heterocycles. The van der Waals surface area contributed by atoms with Crippen LogP contribution in [0.5, 0.6) is 5.75 Å². The highest BCUT2D eigenvalue weighted by atomic mass is 35.5. The largest absolute Gasteiger partial charge is 0.504 e. The van der Waals surface area contributed by atoms with Crippen molar-refractivity contribution in [1.29, 1.82) is 0 Å². The molecule has 0 aliphatic carbocycles. The third-order valence-corrected chi connectivity index (χ3v) is 5.11. The molecule has 4 rings (SSSR count). The number of nitrogens with one attached hydrogen (secondary N) is 1. The Morgan fingerprint density at radius 3 is 2.85 bits per heavy atom. The van der Waals surface area contributed by atoms with Gasteiger partial charge >= 0.3 is 0 Å². The summed E-state index contributed by atoms with van der Waals surface area (Å²) in [6.07, 6.45) is 4.55. The van der Waals surface area contributed by atoms with E-state index in [4.69, 9.17) is 0 Å². The van der Waals surface area contributed by atoms with E-state index >= 15 is 0 Å². The third-order valence-electron chi connectivity index (χ3n) is 5.11. The topological polar surface area (TPSA) is 70.4 Å². The van der Waals surface area contributed by atoms with Gasteiger partial charge in [-0.3, -0.25) is 4.79 Å². The lowest BCUT2D eigenvalue weighted by molar-refractivity contribution is 0.0738. The quantitative estimate of drug-likeness (QED) is 0.839. The molecular formula is C18H22ClFN4O2. The summed E-state index contributed by atoms with van der Waals surface area (Å²) in [5.74, 6) is -0.748. The fourth-order valence-electron chi connectivity index (χ4n) is 3.79. The summed E-state index contributed by atoms with van der Waals surface area (Å²) in [5, 5.41) is 18.0. The van der Waals surface area contributed by atoms with Crippen LogP contribution in [0.2, 0.25) is 0 Å². The molecule has 1 amide bonds. The number of rotatable bonds is 2. The average Bonchev–Trinajstić information content (AvgIpc) is 3.09. The molecule has 1 aromatic heterocycles. The highest BCUT2D eigenvalue weighted by Gasteiger charge is 2.33. The molecule has 2 N–H and O–H groups in total. The smallest absolute Gasteiger partial charge is 0.278 e. The van der Waals surface area contributed by atoms with Crippen molar-refractivity contribution in [3.8, 4) is 11.4 Å². The summed E-state index contributed by atoms with van der Waals surface area (Å²) in [6.45, 7) is 3.06. The summed E-state index contributed by atoms with van der Waals surface area (Å²) in [5.41, 5.74) is 1.35. The molecule has 2 saturated heterocycles. The summed E-state index contributed by atoms with van der Waals surface area (Å²) in [4.78, 5) is 14.6. The summed E-state index contributed by atoms with van der Waals surface area (Å²) in [7, 11) is 0. The fourth-order valence-corrected chi connectivity index (χ4v) is 3.79. The van der Waals surface area contributed by atoms with E-state index in [2.05, 4.69) is 10.4 Å². The lowest BCUT2D eigenvalue weighted by Crippen LogP contribution is -2.39. The van der Waals surface area contributed by atoms with E-state index in [1.807, 2.05) is 0 Å². The number of aromatic hydroxyl groups is 1. The SMILES string of the molecule is Cc1cc(F)ccc1-n1cc(O)c(C(=O)N2CCC3CCC(C2)N3)n1.Cl. The maximum atomic E-state index is 13.3. The number of hydrogen-bond donors (Lipinski definition) is 2. The summed E-state index contributed by atoms with van der Waals surface area (Å²) >= 11 is 0. The van der Waals surface area contributed by atoms with Gasteiger partial charge in [0.25, 0.3) is 5.91 Å². The third kappa shape index (κ3) is 3.41. The van der Waals surface area contributed by atoms with Crippen LogP contribution in [0.3, 0.4) is 0 Å². The Morgan fingerprint density at radius 2 is 2.08 bits per heavy atom. The first kappa shape index (κ1) is 18.7. The molecule has 2 bridgehead atoms. The molecule has 8 heteroatoms. The highest BCUT2D eigenvalue weighted by molar-refractivity contribution is 5.95. The monoisotopic (exact) mass is 380 g/mol. The van der Waals surface area contributed by atoms with Crippen molar-refractivity contribution in [3.63, 3.8) is 0 Å². The maximum Gasteiger partial charge on any atom is 0.278 e. The molecule has 0 spiro atoms. The van der Waals surface area contributed by atoms with Gasteiger partial charge in [0.15, 0.2) is 11.4 Å². The van der Waals surface area contributed by atoms with Gasteiger partial charge in [0.1, 0.15) is 5.82 Å². The average molecular weight is 381 g/mol. The van der Waals surface area contributed by atoms with Gasteiger partial charge in [-0.2, -0.15) is 5.10 Å².